The lowest BCUT2D eigenvalue weighted by Gasteiger charge is -2.51. The Morgan fingerprint density at radius 1 is 1.09 bits per heavy atom. The third-order valence-electron chi connectivity index (χ3n) is 8.14. The molecule has 2 aliphatic heterocycles. The van der Waals surface area contributed by atoms with Crippen molar-refractivity contribution in [3.05, 3.63) is 35.9 Å². The molecule has 1 fully saturated rings. The van der Waals surface area contributed by atoms with E-state index in [1.54, 1.807) is 14.2 Å². The number of ether oxygens (including phenoxy) is 2. The Morgan fingerprint density at radius 2 is 1.67 bits per heavy atom. The Kier molecular flexibility index (Phi) is 7.69. The van der Waals surface area contributed by atoms with E-state index in [1.165, 1.54) is 5.56 Å². The van der Waals surface area contributed by atoms with E-state index in [0.717, 1.165) is 30.6 Å². The number of rotatable bonds is 10. The summed E-state index contributed by atoms with van der Waals surface area (Å²) in [5.74, 6) is 1.64. The third kappa shape index (κ3) is 4.03. The maximum atomic E-state index is 13.4. The van der Waals surface area contributed by atoms with Crippen molar-refractivity contribution in [3.8, 4) is 11.5 Å². The van der Waals surface area contributed by atoms with E-state index < -0.39 is 13.9 Å². The molecule has 33 heavy (non-hydrogen) atoms. The van der Waals surface area contributed by atoms with E-state index >= 15 is 0 Å². The largest absolute Gasteiger partial charge is 0.493 e. The van der Waals surface area contributed by atoms with Crippen molar-refractivity contribution in [3.63, 3.8) is 0 Å². The van der Waals surface area contributed by atoms with Crippen LogP contribution >= 0.6 is 0 Å². The van der Waals surface area contributed by atoms with Crippen LogP contribution in [0.25, 0.3) is 0 Å². The molecule has 1 amide bonds. The number of allylic oxidation sites excluding steroid dienone is 1. The topological polar surface area (TPSA) is 48.0 Å². The van der Waals surface area contributed by atoms with Crippen molar-refractivity contribution in [2.24, 2.45) is 0 Å². The molecule has 0 saturated carbocycles. The van der Waals surface area contributed by atoms with Crippen LogP contribution in [0.2, 0.25) is 16.6 Å². The van der Waals surface area contributed by atoms with Crippen LogP contribution in [0.15, 0.2) is 24.8 Å². The van der Waals surface area contributed by atoms with Crippen molar-refractivity contribution in [2.45, 2.75) is 95.5 Å². The first-order valence-electron chi connectivity index (χ1n) is 12.4. The first-order chi connectivity index (χ1) is 15.6. The maximum Gasteiger partial charge on any atom is 0.226 e. The van der Waals surface area contributed by atoms with E-state index in [1.807, 2.05) is 6.08 Å². The summed E-state index contributed by atoms with van der Waals surface area (Å²) in [5.41, 5.74) is 3.23. The monoisotopic (exact) mass is 473 g/mol. The number of amides is 1. The highest BCUT2D eigenvalue weighted by Crippen LogP contribution is 2.54. The number of methoxy groups -OCH3 is 2. The predicted octanol–water partition coefficient (Wildman–Crippen LogP) is 6.21. The van der Waals surface area contributed by atoms with Gasteiger partial charge in [0.25, 0.3) is 0 Å². The minimum absolute atomic E-state index is 0.180. The van der Waals surface area contributed by atoms with Crippen LogP contribution in [0, 0.1) is 0 Å². The minimum Gasteiger partial charge on any atom is -0.493 e. The van der Waals surface area contributed by atoms with Crippen LogP contribution in [-0.2, 0) is 21.2 Å². The lowest BCUT2D eigenvalue weighted by molar-refractivity contribution is -0.132. The number of benzene rings is 1. The van der Waals surface area contributed by atoms with E-state index in [0.29, 0.717) is 35.3 Å². The van der Waals surface area contributed by atoms with Crippen LogP contribution in [0.5, 0.6) is 11.5 Å². The van der Waals surface area contributed by atoms with E-state index in [2.05, 4.69) is 65.2 Å². The van der Waals surface area contributed by atoms with Gasteiger partial charge in [0.1, 0.15) is 0 Å². The van der Waals surface area contributed by atoms with Gasteiger partial charge in [-0.3, -0.25) is 4.79 Å². The average Bonchev–Trinajstić information content (AvgIpc) is 3.05. The van der Waals surface area contributed by atoms with Crippen LogP contribution in [0.4, 0.5) is 0 Å². The molecule has 0 unspecified atom stereocenters. The molecule has 5 nitrogen and oxygen atoms in total. The fourth-order valence-electron chi connectivity index (χ4n) is 6.79. The molecule has 2 aliphatic rings. The standard InChI is InChI=1S/C27H43NO4Si/c1-10-11-13-27-22-16-24(31-9)23(30-8)15-21(22)12-14-28(27)26(29)17-25(27)32-33(18(2)3,19(4)5)20(6)7/h10,15-16,18-20,25H,1,11-14,17H2,2-9H3/t25-,27-/m0/s1. The molecule has 184 valence electrons. The summed E-state index contributed by atoms with van der Waals surface area (Å²) in [6.07, 6.45) is 4.64. The Hall–Kier alpha value is -1.79. The first kappa shape index (κ1) is 25.8. The number of carbonyl (C=O) groups excluding carboxylic acids is 1. The smallest absolute Gasteiger partial charge is 0.226 e. The number of carbonyl (C=O) groups is 1. The fraction of sp³-hybridized carbons (Fsp3) is 0.667. The summed E-state index contributed by atoms with van der Waals surface area (Å²) in [5, 5.41) is 0. The molecule has 2 heterocycles. The third-order valence-corrected chi connectivity index (χ3v) is 14.2. The molecular weight excluding hydrogens is 430 g/mol. The zero-order valence-corrected chi connectivity index (χ0v) is 22.9. The molecule has 1 aromatic carbocycles. The Balaban J connectivity index is 2.23. The Morgan fingerprint density at radius 3 is 2.18 bits per heavy atom. The first-order valence-corrected chi connectivity index (χ1v) is 14.6. The quantitative estimate of drug-likeness (QED) is 0.299. The summed E-state index contributed by atoms with van der Waals surface area (Å²) in [7, 11) is 1.14. The molecule has 6 heteroatoms. The SMILES string of the molecule is C=CCC[C@@]12c3cc(OC)c(OC)cc3CCN1C(=O)C[C@@H]2O[Si](C(C)C)(C(C)C)C(C)C. The zero-order valence-electron chi connectivity index (χ0n) is 21.9. The van der Waals surface area contributed by atoms with Gasteiger partial charge >= 0.3 is 0 Å². The van der Waals surface area contributed by atoms with Crippen molar-refractivity contribution < 1.29 is 18.7 Å². The average molecular weight is 474 g/mol. The molecular formula is C27H43NO4Si. The van der Waals surface area contributed by atoms with Gasteiger partial charge < -0.3 is 18.8 Å². The van der Waals surface area contributed by atoms with Crippen LogP contribution in [0.1, 0.15) is 71.9 Å². The summed E-state index contributed by atoms with van der Waals surface area (Å²) in [6, 6.07) is 4.20. The summed E-state index contributed by atoms with van der Waals surface area (Å²) in [6.45, 7) is 18.5. The van der Waals surface area contributed by atoms with Crippen molar-refractivity contribution in [2.75, 3.05) is 20.8 Å². The van der Waals surface area contributed by atoms with Gasteiger partial charge in [0, 0.05) is 6.54 Å². The van der Waals surface area contributed by atoms with E-state index in [9.17, 15) is 4.79 Å². The lowest BCUT2D eigenvalue weighted by atomic mass is 9.75. The van der Waals surface area contributed by atoms with Gasteiger partial charge in [-0.05, 0) is 59.1 Å². The summed E-state index contributed by atoms with van der Waals surface area (Å²) < 4.78 is 18.7. The van der Waals surface area contributed by atoms with Gasteiger partial charge in [-0.1, -0.05) is 47.6 Å². The zero-order chi connectivity index (χ0) is 24.6. The molecule has 0 aliphatic carbocycles. The second-order valence-corrected chi connectivity index (χ2v) is 15.9. The van der Waals surface area contributed by atoms with Crippen LogP contribution in [0.3, 0.4) is 0 Å². The Labute approximate surface area is 201 Å². The molecule has 2 atom stereocenters. The minimum atomic E-state index is -2.21. The lowest BCUT2D eigenvalue weighted by Crippen LogP contribution is -2.58. The second kappa shape index (κ2) is 9.83. The highest BCUT2D eigenvalue weighted by atomic mass is 28.4. The van der Waals surface area contributed by atoms with Gasteiger partial charge in [0.15, 0.2) is 11.5 Å². The highest BCUT2D eigenvalue weighted by Gasteiger charge is 2.59. The van der Waals surface area contributed by atoms with Gasteiger partial charge in [0.05, 0.1) is 32.3 Å². The van der Waals surface area contributed by atoms with Crippen molar-refractivity contribution >= 4 is 14.2 Å². The summed E-state index contributed by atoms with van der Waals surface area (Å²) in [4.78, 5) is 15.6. The number of fused-ring (bicyclic) bond motifs is 3. The number of nitrogens with zero attached hydrogens (tertiary/aromatic N) is 1. The van der Waals surface area contributed by atoms with Gasteiger partial charge in [-0.25, -0.2) is 0 Å². The number of hydrogen-bond acceptors (Lipinski definition) is 4. The molecule has 0 bridgehead atoms. The molecule has 0 radical (unpaired) electrons. The van der Waals surface area contributed by atoms with Gasteiger partial charge in [-0.15, -0.1) is 6.58 Å². The predicted molar refractivity (Wildman–Crippen MR) is 137 cm³/mol. The normalized spacial score (nSPS) is 22.7. The molecule has 0 N–H and O–H groups in total. The number of hydrogen-bond donors (Lipinski definition) is 0. The second-order valence-electron chi connectivity index (χ2n) is 10.5. The maximum absolute atomic E-state index is 13.4. The molecule has 3 rings (SSSR count). The van der Waals surface area contributed by atoms with E-state index in [-0.39, 0.29) is 12.0 Å². The van der Waals surface area contributed by atoms with Gasteiger partial charge in [0.2, 0.25) is 14.2 Å². The molecule has 0 aromatic heterocycles. The van der Waals surface area contributed by atoms with Gasteiger partial charge in [-0.2, -0.15) is 0 Å². The van der Waals surface area contributed by atoms with E-state index in [4.69, 9.17) is 13.9 Å². The Bertz CT molecular complexity index is 859. The molecule has 1 aromatic rings. The summed E-state index contributed by atoms with van der Waals surface area (Å²) >= 11 is 0. The van der Waals surface area contributed by atoms with Crippen LogP contribution < -0.4 is 9.47 Å². The highest BCUT2D eigenvalue weighted by molar-refractivity contribution is 6.77. The molecule has 0 spiro atoms. The van der Waals surface area contributed by atoms with Crippen molar-refractivity contribution in [1.82, 2.24) is 4.90 Å². The van der Waals surface area contributed by atoms with Crippen molar-refractivity contribution in [1.29, 1.82) is 0 Å². The molecule has 1 saturated heterocycles. The fourth-order valence-corrected chi connectivity index (χ4v) is 12.4. The van der Waals surface area contributed by atoms with Crippen LogP contribution in [-0.4, -0.2) is 46.0 Å².